The Morgan fingerprint density at radius 3 is 2.33 bits per heavy atom. The van der Waals surface area contributed by atoms with Crippen molar-refractivity contribution in [2.75, 3.05) is 13.2 Å². The number of nitrogens with one attached hydrogen (secondary N) is 1. The van der Waals surface area contributed by atoms with Crippen molar-refractivity contribution in [3.63, 3.8) is 0 Å². The third-order valence-corrected chi connectivity index (χ3v) is 5.61. The molecule has 2 aromatic rings. The van der Waals surface area contributed by atoms with Gasteiger partial charge >= 0.3 is 0 Å². The second kappa shape index (κ2) is 8.94. The van der Waals surface area contributed by atoms with Crippen molar-refractivity contribution in [1.82, 2.24) is 5.32 Å². The van der Waals surface area contributed by atoms with Gasteiger partial charge in [0, 0.05) is 0 Å². The van der Waals surface area contributed by atoms with Gasteiger partial charge in [0.1, 0.15) is 13.3 Å². The van der Waals surface area contributed by atoms with Crippen molar-refractivity contribution in [3.05, 3.63) is 70.8 Å². The van der Waals surface area contributed by atoms with Crippen LogP contribution in [0.2, 0.25) is 0 Å². The first kappa shape index (κ1) is 20.0. The normalized spacial score (nSPS) is 23.9. The van der Waals surface area contributed by atoms with Crippen LogP contribution in [-0.4, -0.2) is 13.2 Å². The minimum Gasteiger partial charge on any atom is -0.372 e. The summed E-state index contributed by atoms with van der Waals surface area (Å²) in [6.07, 6.45) is 1.91. The van der Waals surface area contributed by atoms with Crippen molar-refractivity contribution in [2.24, 2.45) is 5.92 Å². The molecular formula is C23H29F2NO. The lowest BCUT2D eigenvalue weighted by Gasteiger charge is -2.41. The average molecular weight is 373 g/mol. The van der Waals surface area contributed by atoms with Gasteiger partial charge in [0.2, 0.25) is 0 Å². The standard InChI is InChI=1S/C23H29F2NO/c1-17-8-9-23(26-15-17,22-6-4-3-5-7-22)16-27-18(2)21-11-19(13-24)10-20(12-21)14-25/h3-7,10-12,17-18,26H,8-9,13-16H2,1-2H3/t17?,18-,23-/m1/s1. The first-order valence-corrected chi connectivity index (χ1v) is 9.73. The Hall–Kier alpha value is -1.78. The molecule has 0 aromatic heterocycles. The zero-order chi connectivity index (χ0) is 19.3. The van der Waals surface area contributed by atoms with Gasteiger partial charge in [0.05, 0.1) is 18.2 Å². The van der Waals surface area contributed by atoms with Crippen LogP contribution in [0.3, 0.4) is 0 Å². The molecule has 1 fully saturated rings. The maximum atomic E-state index is 13.1. The third-order valence-electron chi connectivity index (χ3n) is 5.61. The van der Waals surface area contributed by atoms with Gasteiger partial charge < -0.3 is 10.1 Å². The van der Waals surface area contributed by atoms with Crippen LogP contribution >= 0.6 is 0 Å². The molecule has 1 heterocycles. The molecule has 146 valence electrons. The zero-order valence-electron chi connectivity index (χ0n) is 16.2. The molecule has 1 unspecified atom stereocenters. The quantitative estimate of drug-likeness (QED) is 0.680. The van der Waals surface area contributed by atoms with E-state index in [1.165, 1.54) is 5.56 Å². The van der Waals surface area contributed by atoms with E-state index in [1.54, 1.807) is 18.2 Å². The summed E-state index contributed by atoms with van der Waals surface area (Å²) in [4.78, 5) is 0. The molecule has 0 bridgehead atoms. The summed E-state index contributed by atoms with van der Waals surface area (Å²) in [5, 5.41) is 3.71. The summed E-state index contributed by atoms with van der Waals surface area (Å²) in [7, 11) is 0. The van der Waals surface area contributed by atoms with E-state index in [0.29, 0.717) is 23.7 Å². The highest BCUT2D eigenvalue weighted by Gasteiger charge is 2.36. The second-order valence-electron chi connectivity index (χ2n) is 7.78. The van der Waals surface area contributed by atoms with Crippen molar-refractivity contribution < 1.29 is 13.5 Å². The molecule has 1 aliphatic rings. The zero-order valence-corrected chi connectivity index (χ0v) is 16.2. The number of benzene rings is 2. The Kier molecular flexibility index (Phi) is 6.61. The number of alkyl halides is 2. The van der Waals surface area contributed by atoms with Crippen molar-refractivity contribution >= 4 is 0 Å². The SMILES string of the molecule is CC1CC[C@@](CO[C@H](C)c2cc(CF)cc(CF)c2)(c2ccccc2)NC1. The lowest BCUT2D eigenvalue weighted by molar-refractivity contribution is 0.00153. The first-order valence-electron chi connectivity index (χ1n) is 9.73. The molecule has 1 saturated heterocycles. The lowest BCUT2D eigenvalue weighted by Crippen LogP contribution is -2.51. The smallest absolute Gasteiger partial charge is 0.115 e. The Morgan fingerprint density at radius 1 is 1.11 bits per heavy atom. The van der Waals surface area contributed by atoms with Gasteiger partial charge in [-0.15, -0.1) is 0 Å². The molecule has 0 radical (unpaired) electrons. The van der Waals surface area contributed by atoms with E-state index in [9.17, 15) is 8.78 Å². The summed E-state index contributed by atoms with van der Waals surface area (Å²) in [5.41, 5.74) is 2.83. The van der Waals surface area contributed by atoms with Crippen LogP contribution in [0.25, 0.3) is 0 Å². The van der Waals surface area contributed by atoms with Gasteiger partial charge in [-0.1, -0.05) is 55.5 Å². The van der Waals surface area contributed by atoms with Crippen LogP contribution in [0.15, 0.2) is 48.5 Å². The van der Waals surface area contributed by atoms with E-state index in [2.05, 4.69) is 36.5 Å². The monoisotopic (exact) mass is 373 g/mol. The van der Waals surface area contributed by atoms with Crippen molar-refractivity contribution in [3.8, 4) is 0 Å². The Morgan fingerprint density at radius 2 is 1.78 bits per heavy atom. The molecule has 0 aliphatic carbocycles. The van der Waals surface area contributed by atoms with Gasteiger partial charge in [-0.2, -0.15) is 0 Å². The summed E-state index contributed by atoms with van der Waals surface area (Å²) in [6.45, 7) is 4.49. The predicted molar refractivity (Wildman–Crippen MR) is 105 cm³/mol. The highest BCUT2D eigenvalue weighted by Crippen LogP contribution is 2.34. The molecule has 27 heavy (non-hydrogen) atoms. The molecule has 4 heteroatoms. The van der Waals surface area contributed by atoms with E-state index in [-0.39, 0.29) is 11.6 Å². The van der Waals surface area contributed by atoms with Gasteiger partial charge in [-0.25, -0.2) is 8.78 Å². The maximum absolute atomic E-state index is 13.1. The fourth-order valence-electron chi connectivity index (χ4n) is 3.81. The molecule has 0 amide bonds. The first-order chi connectivity index (χ1) is 13.1. The van der Waals surface area contributed by atoms with E-state index in [4.69, 9.17) is 4.74 Å². The molecule has 0 spiro atoms. The van der Waals surface area contributed by atoms with Crippen LogP contribution in [-0.2, 0) is 23.6 Å². The molecular weight excluding hydrogens is 344 g/mol. The molecule has 2 nitrogen and oxygen atoms in total. The minimum absolute atomic E-state index is 0.220. The maximum Gasteiger partial charge on any atom is 0.115 e. The van der Waals surface area contributed by atoms with Gasteiger partial charge in [0.25, 0.3) is 0 Å². The van der Waals surface area contributed by atoms with E-state index >= 15 is 0 Å². The predicted octanol–water partition coefficient (Wildman–Crippen LogP) is 5.62. The summed E-state index contributed by atoms with van der Waals surface area (Å²) >= 11 is 0. The Balaban J connectivity index is 1.78. The van der Waals surface area contributed by atoms with Gasteiger partial charge in [-0.3, -0.25) is 0 Å². The van der Waals surface area contributed by atoms with Gasteiger partial charge in [0.15, 0.2) is 0 Å². The highest BCUT2D eigenvalue weighted by atomic mass is 19.1. The average Bonchev–Trinajstić information content (AvgIpc) is 2.73. The number of hydrogen-bond acceptors (Lipinski definition) is 2. The number of piperidine rings is 1. The molecule has 1 aliphatic heterocycles. The number of ether oxygens (including phenoxy) is 1. The van der Waals surface area contributed by atoms with Crippen LogP contribution in [0.1, 0.15) is 55.0 Å². The fourth-order valence-corrected chi connectivity index (χ4v) is 3.81. The van der Waals surface area contributed by atoms with Crippen LogP contribution in [0, 0.1) is 5.92 Å². The fraction of sp³-hybridized carbons (Fsp3) is 0.478. The van der Waals surface area contributed by atoms with Gasteiger partial charge in [-0.05, 0) is 54.5 Å². The van der Waals surface area contributed by atoms with Crippen LogP contribution in [0.4, 0.5) is 8.78 Å². The Bertz CT molecular complexity index is 704. The largest absolute Gasteiger partial charge is 0.372 e. The molecule has 0 saturated carbocycles. The second-order valence-corrected chi connectivity index (χ2v) is 7.78. The molecule has 3 atom stereocenters. The minimum atomic E-state index is -0.596. The number of rotatable bonds is 7. The lowest BCUT2D eigenvalue weighted by atomic mass is 9.80. The molecule has 1 N–H and O–H groups in total. The van der Waals surface area contributed by atoms with Crippen LogP contribution < -0.4 is 5.32 Å². The van der Waals surface area contributed by atoms with E-state index in [1.807, 2.05) is 13.0 Å². The Labute approximate surface area is 160 Å². The third kappa shape index (κ3) is 4.74. The van der Waals surface area contributed by atoms with E-state index < -0.39 is 13.3 Å². The van der Waals surface area contributed by atoms with E-state index in [0.717, 1.165) is 24.9 Å². The molecule has 2 aromatic carbocycles. The van der Waals surface area contributed by atoms with Crippen molar-refractivity contribution in [2.45, 2.75) is 51.7 Å². The molecule has 3 rings (SSSR count). The number of halogens is 2. The summed E-state index contributed by atoms with van der Waals surface area (Å²) in [5.74, 6) is 0.646. The summed E-state index contributed by atoms with van der Waals surface area (Å²) < 4.78 is 32.5. The number of hydrogen-bond donors (Lipinski definition) is 1. The van der Waals surface area contributed by atoms with Crippen molar-refractivity contribution in [1.29, 1.82) is 0 Å². The summed E-state index contributed by atoms with van der Waals surface area (Å²) in [6, 6.07) is 15.5. The topological polar surface area (TPSA) is 21.3 Å². The highest BCUT2D eigenvalue weighted by molar-refractivity contribution is 5.31. The van der Waals surface area contributed by atoms with Crippen LogP contribution in [0.5, 0.6) is 0 Å².